The maximum atomic E-state index is 14.1. The van der Waals surface area contributed by atoms with Crippen LogP contribution in [0.1, 0.15) is 270 Å². The van der Waals surface area contributed by atoms with Crippen LogP contribution in [0.2, 0.25) is 0 Å². The number of carbonyl (C=O) groups excluding carboxylic acids is 19. The van der Waals surface area contributed by atoms with Crippen molar-refractivity contribution in [2.75, 3.05) is 98.7 Å². The molecule has 15 atom stereocenters. The number of ether oxygens (including phenoxy) is 15. The van der Waals surface area contributed by atoms with Crippen LogP contribution in [-0.4, -0.2) is 303 Å². The lowest BCUT2D eigenvalue weighted by Gasteiger charge is -2.45. The van der Waals surface area contributed by atoms with Crippen molar-refractivity contribution in [2.45, 2.75) is 362 Å². The molecule has 0 aliphatic carbocycles. The molecule has 43 heteroatoms. The first kappa shape index (κ1) is 119. The van der Waals surface area contributed by atoms with Crippen molar-refractivity contribution in [3.63, 3.8) is 0 Å². The summed E-state index contributed by atoms with van der Waals surface area (Å²) in [6.45, 7) is 18.3. The van der Waals surface area contributed by atoms with Gasteiger partial charge in [0.2, 0.25) is 53.2 Å². The molecule has 9 N–H and O–H groups in total. The van der Waals surface area contributed by atoms with Gasteiger partial charge in [0.15, 0.2) is 36.6 Å². The Morgan fingerprint density at radius 2 is 0.519 bits per heavy atom. The minimum atomic E-state index is -1.22. The van der Waals surface area contributed by atoms with Crippen molar-refractivity contribution >= 4 is 113 Å². The van der Waals surface area contributed by atoms with Crippen LogP contribution in [0.15, 0.2) is 0 Å². The summed E-state index contributed by atoms with van der Waals surface area (Å²) in [4.78, 5) is 239. The Morgan fingerprint density at radius 3 is 0.763 bits per heavy atom. The molecule has 9 amide bonds. The van der Waals surface area contributed by atoms with E-state index in [1.165, 1.54) is 62.3 Å². The molecule has 0 bridgehead atoms. The quantitative estimate of drug-likeness (QED) is 0.0239. The summed E-state index contributed by atoms with van der Waals surface area (Å²) < 4.78 is 86.2. The van der Waals surface area contributed by atoms with Gasteiger partial charge in [0.1, 0.15) is 43.9 Å². The van der Waals surface area contributed by atoms with Gasteiger partial charge in [-0.3, -0.25) is 91.1 Å². The van der Waals surface area contributed by atoms with Gasteiger partial charge in [-0.15, -0.1) is 0 Å². The van der Waals surface area contributed by atoms with E-state index in [-0.39, 0.29) is 191 Å². The van der Waals surface area contributed by atoms with Crippen LogP contribution in [-0.2, 0) is 162 Å². The fraction of sp³-hybridized carbons (Fsp3) is 0.793. The molecule has 0 aromatic rings. The van der Waals surface area contributed by atoms with Crippen molar-refractivity contribution in [3.8, 4) is 0 Å². The van der Waals surface area contributed by atoms with Gasteiger partial charge in [-0.2, -0.15) is 0 Å². The highest BCUT2D eigenvalue weighted by Gasteiger charge is 2.54. The number of Topliss-reactive ketones (excluding diaryl/α,β-unsaturated/α-hetero) is 1. The lowest BCUT2D eigenvalue weighted by atomic mass is 9.83. The minimum absolute atomic E-state index is 0.0754. The molecule has 768 valence electrons. The number of unbranched alkanes of at least 4 members (excludes halogenated alkanes) is 8. The van der Waals surface area contributed by atoms with E-state index in [0.717, 1.165) is 40.0 Å². The van der Waals surface area contributed by atoms with Gasteiger partial charge in [0, 0.05) is 179 Å². The smallest absolute Gasteiger partial charge is 0.303 e. The molecular weight excluding hydrogens is 1780 g/mol. The van der Waals surface area contributed by atoms with Gasteiger partial charge in [0.05, 0.1) is 76.1 Å². The molecule has 3 unspecified atom stereocenters. The molecule has 43 nitrogen and oxygen atoms in total. The number of esters is 9. The predicted octanol–water partition coefficient (Wildman–Crippen LogP) is 3.57. The second-order valence-corrected chi connectivity index (χ2v) is 34.7. The average Bonchev–Trinajstić information content (AvgIpc) is 0.793. The van der Waals surface area contributed by atoms with Crippen LogP contribution in [0.3, 0.4) is 0 Å². The van der Waals surface area contributed by atoms with E-state index in [1.54, 1.807) is 0 Å². The number of hydrogen-bond donors (Lipinski definition) is 9. The molecule has 0 spiro atoms. The zero-order valence-corrected chi connectivity index (χ0v) is 81.3. The van der Waals surface area contributed by atoms with Crippen molar-refractivity contribution in [1.29, 1.82) is 0 Å². The Hall–Kier alpha value is -10.1. The minimum Gasteiger partial charge on any atom is -0.463 e. The maximum Gasteiger partial charge on any atom is 0.303 e. The van der Waals surface area contributed by atoms with Crippen molar-refractivity contribution in [2.24, 2.45) is 11.3 Å². The number of rotatable bonds is 68. The summed E-state index contributed by atoms with van der Waals surface area (Å²) in [5, 5.41) is 25.3. The molecule has 0 saturated carbocycles. The molecular formula is C92H151N9O34. The van der Waals surface area contributed by atoms with E-state index in [1.807, 2.05) is 0 Å². The maximum absolute atomic E-state index is 14.1. The zero-order chi connectivity index (χ0) is 100. The molecule has 0 radical (unpaired) electrons. The molecule has 3 heterocycles. The highest BCUT2D eigenvalue weighted by Crippen LogP contribution is 2.35. The van der Waals surface area contributed by atoms with Crippen molar-refractivity contribution in [1.82, 2.24) is 47.9 Å². The van der Waals surface area contributed by atoms with Gasteiger partial charge >= 0.3 is 53.7 Å². The fourth-order valence-corrected chi connectivity index (χ4v) is 15.8. The monoisotopic (exact) mass is 1930 g/mol. The lowest BCUT2D eigenvalue weighted by molar-refractivity contribution is -0.224. The average molecular weight is 1930 g/mol. The van der Waals surface area contributed by atoms with E-state index < -0.39 is 168 Å². The Bertz CT molecular complexity index is 3410. The molecule has 3 saturated heterocycles. The fourth-order valence-electron chi connectivity index (χ4n) is 15.8. The third-order valence-electron chi connectivity index (χ3n) is 21.8. The standard InChI is InChI=1S/C92H151N9O34/c1-57(2)30-19-15-20-31-70(114)50-92(54-121-47-38-80(118)96-44-27-41-93-77(115)35-24-16-21-32-71-83(99-58(3)102)89(130-67(12)111)86(127-64(9)108)74(133-71)51-124-61(6)105,55-122-48-39-81(119)97-45-28-42-94-78(116)36-25-17-22-33-72-84(100-59(4)103)90(131-68(13)112)87(128-65(10)109)75(134-72)52-125-62(7)106)56-123-49-40-82(120)98-46-29-43-95-79(117)37-26-18-23-34-73-85(101-60(5)104)91(132-69(14)113)88(129-66(11)110)76(135-73)53-126-63(8)107/h57,71-76,83-91H,15-56H2,1-14H3,(H,93,115)(H,94,116)(H,95,117)(H,96,118)(H,97,119)(H,98,120)(H,99,102)(H,100,103)(H,101,104)/t71?,72?,73?,74-,75-,76-,83+,84+,85+,86+,87+,88+,89-,90-,91-,92?/m1/s1. The Morgan fingerprint density at radius 1 is 0.274 bits per heavy atom. The second-order valence-electron chi connectivity index (χ2n) is 34.7. The van der Waals surface area contributed by atoms with E-state index in [0.29, 0.717) is 109 Å². The second kappa shape index (κ2) is 67.2. The third-order valence-corrected chi connectivity index (χ3v) is 21.8. The van der Waals surface area contributed by atoms with Crippen LogP contribution in [0.4, 0.5) is 0 Å². The molecule has 0 aromatic carbocycles. The topological polar surface area (TPSA) is 571 Å². The van der Waals surface area contributed by atoms with Crippen molar-refractivity contribution in [3.05, 3.63) is 0 Å². The first-order valence-electron chi connectivity index (χ1n) is 47.1. The summed E-state index contributed by atoms with van der Waals surface area (Å²) in [6, 6.07) is -2.82. The first-order valence-corrected chi connectivity index (χ1v) is 47.1. The summed E-state index contributed by atoms with van der Waals surface area (Å²) in [6.07, 6.45) is -2.16. The van der Waals surface area contributed by atoms with Crippen LogP contribution < -0.4 is 47.9 Å². The number of hydrogen-bond acceptors (Lipinski definition) is 34. The summed E-state index contributed by atoms with van der Waals surface area (Å²) in [5.41, 5.74) is -1.17. The molecule has 3 rings (SSSR count). The van der Waals surface area contributed by atoms with Crippen LogP contribution in [0.25, 0.3) is 0 Å². The van der Waals surface area contributed by atoms with E-state index in [9.17, 15) is 91.1 Å². The van der Waals surface area contributed by atoms with E-state index in [4.69, 9.17) is 71.1 Å². The number of ketones is 1. The van der Waals surface area contributed by atoms with Crippen molar-refractivity contribution < 1.29 is 162 Å². The molecule has 0 aromatic heterocycles. The summed E-state index contributed by atoms with van der Waals surface area (Å²) >= 11 is 0. The Kier molecular flexibility index (Phi) is 59.2. The molecule has 135 heavy (non-hydrogen) atoms. The van der Waals surface area contributed by atoms with Gasteiger partial charge in [-0.1, -0.05) is 71.6 Å². The largest absolute Gasteiger partial charge is 0.463 e. The highest BCUT2D eigenvalue weighted by atomic mass is 16.7. The van der Waals surface area contributed by atoms with Gasteiger partial charge in [0.25, 0.3) is 0 Å². The summed E-state index contributed by atoms with van der Waals surface area (Å²) in [7, 11) is 0. The highest BCUT2D eigenvalue weighted by molar-refractivity contribution is 5.81. The van der Waals surface area contributed by atoms with Crippen LogP contribution in [0.5, 0.6) is 0 Å². The van der Waals surface area contributed by atoms with Gasteiger partial charge in [-0.05, 0) is 70.1 Å². The number of carbonyl (C=O) groups is 19. The first-order chi connectivity index (χ1) is 64.1. The van der Waals surface area contributed by atoms with E-state index in [2.05, 4.69) is 61.7 Å². The van der Waals surface area contributed by atoms with Gasteiger partial charge < -0.3 is 119 Å². The third kappa shape index (κ3) is 53.3. The Balaban J connectivity index is 1.63. The Labute approximate surface area is 791 Å². The molecule has 3 aliphatic rings. The lowest BCUT2D eigenvalue weighted by Crippen LogP contribution is -2.66. The predicted molar refractivity (Wildman–Crippen MR) is 479 cm³/mol. The SMILES string of the molecule is CC(=O)N[C@H]1C(CCCCCC(=O)NCCCNC(=O)CCOCC(COCCC(=O)NCCCNC(=O)CCCCCC2O[C@H](COC(C)=O)[C@H](OC(C)=O)[C@H](OC(C)=O)[C@H]2NC(C)=O)(COCCC(=O)NCCCNC(=O)CCCCCC2O[C@H](COC(C)=O)[C@H](OC(C)=O)[C@H](OC(C)=O)[C@H]2NC(C)=O)CC(=O)CCCCCC(C)C)O[C@H](COC(C)=O)[C@H](OC(C)=O)[C@@H]1OC(C)=O. The molecule has 3 fully saturated rings. The van der Waals surface area contributed by atoms with Gasteiger partial charge in [-0.25, -0.2) is 0 Å². The molecule has 3 aliphatic heterocycles. The number of nitrogens with one attached hydrogen (secondary N) is 9. The van der Waals surface area contributed by atoms with Crippen LogP contribution >= 0.6 is 0 Å². The zero-order valence-electron chi connectivity index (χ0n) is 81.3. The van der Waals surface area contributed by atoms with E-state index >= 15 is 0 Å². The number of amides is 9. The van der Waals surface area contributed by atoms with Crippen LogP contribution in [0, 0.1) is 11.3 Å². The summed E-state index contributed by atoms with van der Waals surface area (Å²) in [5.74, 6) is -8.94. The normalized spacial score (nSPS) is 21.6.